The van der Waals surface area contributed by atoms with Gasteiger partial charge in [-0.05, 0) is 30.4 Å². The van der Waals surface area contributed by atoms with Crippen molar-refractivity contribution in [2.24, 2.45) is 10.7 Å². The molecule has 2 nitrogen and oxygen atoms in total. The molecule has 100 valence electrons. The average molecular weight is 264 g/mol. The van der Waals surface area contributed by atoms with Gasteiger partial charge in [0.2, 0.25) is 0 Å². The van der Waals surface area contributed by atoms with Gasteiger partial charge < -0.3 is 5.73 Å². The second-order valence-electron chi connectivity index (χ2n) is 5.80. The van der Waals surface area contributed by atoms with E-state index in [4.69, 9.17) is 5.73 Å². The number of nitrogens with zero attached hydrogens (tertiary/aromatic N) is 1. The van der Waals surface area contributed by atoms with E-state index in [1.165, 1.54) is 11.1 Å². The molecule has 1 aromatic rings. The summed E-state index contributed by atoms with van der Waals surface area (Å²) >= 11 is 1.60. The highest BCUT2D eigenvalue weighted by molar-refractivity contribution is 8.13. The van der Waals surface area contributed by atoms with Crippen LogP contribution in [0.2, 0.25) is 0 Å². The van der Waals surface area contributed by atoms with E-state index < -0.39 is 0 Å². The molecule has 1 aromatic carbocycles. The summed E-state index contributed by atoms with van der Waals surface area (Å²) in [4.78, 5) is 4.31. The predicted molar refractivity (Wildman–Crippen MR) is 83.2 cm³/mol. The Kier molecular flexibility index (Phi) is 5.27. The normalized spacial score (nSPS) is 13.1. The lowest BCUT2D eigenvalue weighted by atomic mass is 9.87. The molecule has 0 aliphatic heterocycles. The van der Waals surface area contributed by atoms with Crippen LogP contribution in [0.3, 0.4) is 0 Å². The van der Waals surface area contributed by atoms with Crippen molar-refractivity contribution in [1.29, 1.82) is 0 Å². The van der Waals surface area contributed by atoms with Crippen molar-refractivity contribution < 1.29 is 0 Å². The van der Waals surface area contributed by atoms with Crippen molar-refractivity contribution in [2.75, 3.05) is 0 Å². The van der Waals surface area contributed by atoms with E-state index in [1.54, 1.807) is 11.8 Å². The van der Waals surface area contributed by atoms with E-state index in [2.05, 4.69) is 50.0 Å². The molecular formula is C15H24N2S. The van der Waals surface area contributed by atoms with Crippen LogP contribution in [-0.2, 0) is 11.2 Å². The second kappa shape index (κ2) is 6.28. The van der Waals surface area contributed by atoms with Crippen LogP contribution in [-0.4, -0.2) is 11.2 Å². The van der Waals surface area contributed by atoms with E-state index in [0.717, 1.165) is 5.75 Å². The Morgan fingerprint density at radius 2 is 1.78 bits per heavy atom. The van der Waals surface area contributed by atoms with Gasteiger partial charge in [0.1, 0.15) is 0 Å². The summed E-state index contributed by atoms with van der Waals surface area (Å²) in [5.41, 5.74) is 8.69. The van der Waals surface area contributed by atoms with Crippen LogP contribution in [0.1, 0.15) is 45.7 Å². The summed E-state index contributed by atoms with van der Waals surface area (Å²) in [5.74, 6) is 0.881. The van der Waals surface area contributed by atoms with Gasteiger partial charge in [-0.2, -0.15) is 0 Å². The van der Waals surface area contributed by atoms with Crippen LogP contribution in [0.4, 0.5) is 0 Å². The Hall–Kier alpha value is -0.960. The third kappa shape index (κ3) is 5.13. The number of nitrogens with two attached hydrogens (primary N) is 1. The van der Waals surface area contributed by atoms with E-state index in [-0.39, 0.29) is 11.5 Å². The van der Waals surface area contributed by atoms with E-state index in [1.807, 2.05) is 13.8 Å². The van der Waals surface area contributed by atoms with E-state index >= 15 is 0 Å². The third-order valence-corrected chi connectivity index (χ3v) is 3.47. The topological polar surface area (TPSA) is 38.4 Å². The first-order valence-corrected chi connectivity index (χ1v) is 7.33. The standard InChI is InChI=1S/C15H24N2S/c1-11(2)17-14(16)18-10-12-6-8-13(9-7-12)15(3,4)5/h6-9,11H,10H2,1-5H3,(H2,16,17). The van der Waals surface area contributed by atoms with Crippen molar-refractivity contribution in [3.8, 4) is 0 Å². The Bertz CT molecular complexity index is 399. The largest absolute Gasteiger partial charge is 0.379 e. The maximum Gasteiger partial charge on any atom is 0.154 e. The van der Waals surface area contributed by atoms with Crippen LogP contribution >= 0.6 is 11.8 Å². The molecule has 2 N–H and O–H groups in total. The van der Waals surface area contributed by atoms with Crippen molar-refractivity contribution in [3.63, 3.8) is 0 Å². The van der Waals surface area contributed by atoms with Gasteiger partial charge >= 0.3 is 0 Å². The molecule has 0 aliphatic carbocycles. The minimum Gasteiger partial charge on any atom is -0.379 e. The van der Waals surface area contributed by atoms with Gasteiger partial charge in [0.05, 0.1) is 0 Å². The number of thioether (sulfide) groups is 1. The summed E-state index contributed by atoms with van der Waals surface area (Å²) in [6.07, 6.45) is 0. The van der Waals surface area contributed by atoms with Crippen LogP contribution in [0.25, 0.3) is 0 Å². The molecule has 0 aromatic heterocycles. The molecule has 0 bridgehead atoms. The van der Waals surface area contributed by atoms with Gasteiger partial charge in [-0.25, -0.2) is 0 Å². The first-order valence-electron chi connectivity index (χ1n) is 6.34. The highest BCUT2D eigenvalue weighted by Gasteiger charge is 2.12. The van der Waals surface area contributed by atoms with Crippen molar-refractivity contribution in [2.45, 2.75) is 51.8 Å². The molecule has 0 aliphatic rings. The SMILES string of the molecule is CC(C)N=C(N)SCc1ccc(C(C)(C)C)cc1. The summed E-state index contributed by atoms with van der Waals surface area (Å²) in [6.45, 7) is 10.7. The number of rotatable bonds is 3. The fraction of sp³-hybridized carbons (Fsp3) is 0.533. The molecule has 0 radical (unpaired) electrons. The number of amidine groups is 1. The van der Waals surface area contributed by atoms with Gasteiger partial charge in [0.15, 0.2) is 5.17 Å². The quantitative estimate of drug-likeness (QED) is 0.663. The Morgan fingerprint density at radius 1 is 1.22 bits per heavy atom. The first kappa shape index (κ1) is 15.1. The molecular weight excluding hydrogens is 240 g/mol. The molecule has 0 fully saturated rings. The fourth-order valence-corrected chi connectivity index (χ4v) is 2.34. The maximum absolute atomic E-state index is 5.83. The zero-order chi connectivity index (χ0) is 13.8. The third-order valence-electron chi connectivity index (χ3n) is 2.59. The number of hydrogen-bond donors (Lipinski definition) is 1. The minimum atomic E-state index is 0.212. The smallest absolute Gasteiger partial charge is 0.154 e. The van der Waals surface area contributed by atoms with E-state index in [0.29, 0.717) is 5.17 Å². The zero-order valence-electron chi connectivity index (χ0n) is 12.0. The summed E-state index contributed by atoms with van der Waals surface area (Å²) in [5, 5.41) is 0.671. The number of aliphatic imine (C=N–C) groups is 1. The molecule has 0 heterocycles. The molecule has 0 spiro atoms. The maximum atomic E-state index is 5.83. The van der Waals surface area contributed by atoms with Gasteiger partial charge in [0.25, 0.3) is 0 Å². The molecule has 0 atom stereocenters. The lowest BCUT2D eigenvalue weighted by molar-refractivity contribution is 0.590. The summed E-state index contributed by atoms with van der Waals surface area (Å²) in [6, 6.07) is 9.02. The Morgan fingerprint density at radius 3 is 2.22 bits per heavy atom. The number of hydrogen-bond acceptors (Lipinski definition) is 2. The minimum absolute atomic E-state index is 0.212. The highest BCUT2D eigenvalue weighted by atomic mass is 32.2. The molecule has 0 saturated carbocycles. The predicted octanol–water partition coefficient (Wildman–Crippen LogP) is 3.94. The molecule has 0 saturated heterocycles. The monoisotopic (exact) mass is 264 g/mol. The molecule has 1 rings (SSSR count). The lowest BCUT2D eigenvalue weighted by Crippen LogP contribution is -2.11. The van der Waals surface area contributed by atoms with Gasteiger partial charge in [-0.1, -0.05) is 56.8 Å². The van der Waals surface area contributed by atoms with Crippen LogP contribution in [0, 0.1) is 0 Å². The highest BCUT2D eigenvalue weighted by Crippen LogP contribution is 2.23. The average Bonchev–Trinajstić information content (AvgIpc) is 2.25. The Labute approximate surface area is 115 Å². The second-order valence-corrected chi connectivity index (χ2v) is 6.79. The number of benzene rings is 1. The van der Waals surface area contributed by atoms with Crippen molar-refractivity contribution in [1.82, 2.24) is 0 Å². The molecule has 0 amide bonds. The van der Waals surface area contributed by atoms with Gasteiger partial charge in [0, 0.05) is 11.8 Å². The van der Waals surface area contributed by atoms with Gasteiger partial charge in [-0.3, -0.25) is 4.99 Å². The summed E-state index contributed by atoms with van der Waals surface area (Å²) in [7, 11) is 0. The van der Waals surface area contributed by atoms with Crippen LogP contribution in [0.5, 0.6) is 0 Å². The van der Waals surface area contributed by atoms with Crippen LogP contribution in [0.15, 0.2) is 29.3 Å². The summed E-state index contributed by atoms with van der Waals surface area (Å²) < 4.78 is 0. The van der Waals surface area contributed by atoms with Crippen LogP contribution < -0.4 is 5.73 Å². The first-order chi connectivity index (χ1) is 8.29. The Balaban J connectivity index is 2.60. The lowest BCUT2D eigenvalue weighted by Gasteiger charge is -2.19. The van der Waals surface area contributed by atoms with Crippen molar-refractivity contribution in [3.05, 3.63) is 35.4 Å². The van der Waals surface area contributed by atoms with Gasteiger partial charge in [-0.15, -0.1) is 0 Å². The molecule has 18 heavy (non-hydrogen) atoms. The van der Waals surface area contributed by atoms with Crippen molar-refractivity contribution >= 4 is 16.9 Å². The molecule has 0 unspecified atom stereocenters. The zero-order valence-corrected chi connectivity index (χ0v) is 12.8. The molecule has 3 heteroatoms. The fourth-order valence-electron chi connectivity index (χ4n) is 1.55. The van der Waals surface area contributed by atoms with E-state index in [9.17, 15) is 0 Å².